The lowest BCUT2D eigenvalue weighted by Gasteiger charge is -2.37. The summed E-state index contributed by atoms with van der Waals surface area (Å²) in [5.74, 6) is 3.72. The predicted octanol–water partition coefficient (Wildman–Crippen LogP) is 2.32. The first kappa shape index (κ1) is 14.6. The van der Waals surface area contributed by atoms with Crippen LogP contribution in [0.25, 0.3) is 0 Å². The molecule has 1 saturated carbocycles. The second-order valence-corrected chi connectivity index (χ2v) is 6.39. The minimum Gasteiger partial charge on any atom is -0.370 e. The topological polar surface area (TPSA) is 44.3 Å². The molecule has 5 nitrogen and oxygen atoms in total. The summed E-state index contributed by atoms with van der Waals surface area (Å²) in [7, 11) is 0. The highest BCUT2D eigenvalue weighted by Gasteiger charge is 2.28. The summed E-state index contributed by atoms with van der Waals surface area (Å²) in [6.45, 7) is 11.9. The van der Waals surface area contributed by atoms with Crippen LogP contribution in [0.1, 0.15) is 45.4 Å². The molecule has 0 amide bonds. The quantitative estimate of drug-likeness (QED) is 0.901. The Hall–Kier alpha value is -1.36. The standard InChI is InChI=1S/C16H27N5/c1-4-17-14-11-15(19-16(18-14)13-5-6-13)21-9-7-20(8-10-21)12(2)3/h11-13H,4-10H2,1-3H3,(H,17,18,19). The average molecular weight is 289 g/mol. The van der Waals surface area contributed by atoms with Gasteiger partial charge in [0.15, 0.2) is 0 Å². The van der Waals surface area contributed by atoms with Crippen LogP contribution in [0.5, 0.6) is 0 Å². The van der Waals surface area contributed by atoms with Gasteiger partial charge in [-0.2, -0.15) is 0 Å². The molecule has 0 spiro atoms. The van der Waals surface area contributed by atoms with Crippen LogP contribution in [0, 0.1) is 0 Å². The zero-order valence-corrected chi connectivity index (χ0v) is 13.5. The molecule has 0 unspecified atom stereocenters. The van der Waals surface area contributed by atoms with Crippen LogP contribution in [-0.4, -0.2) is 53.6 Å². The van der Waals surface area contributed by atoms with Crippen LogP contribution < -0.4 is 10.2 Å². The Labute approximate surface area is 127 Å². The summed E-state index contributed by atoms with van der Waals surface area (Å²) in [4.78, 5) is 14.4. The molecular weight excluding hydrogens is 262 g/mol. The smallest absolute Gasteiger partial charge is 0.136 e. The van der Waals surface area contributed by atoms with E-state index < -0.39 is 0 Å². The maximum atomic E-state index is 4.83. The molecule has 2 heterocycles. The van der Waals surface area contributed by atoms with Gasteiger partial charge in [-0.1, -0.05) is 0 Å². The van der Waals surface area contributed by atoms with Crippen LogP contribution in [0.3, 0.4) is 0 Å². The molecule has 116 valence electrons. The second-order valence-electron chi connectivity index (χ2n) is 6.39. The summed E-state index contributed by atoms with van der Waals surface area (Å²) < 4.78 is 0. The van der Waals surface area contributed by atoms with Crippen molar-refractivity contribution in [3.8, 4) is 0 Å². The first-order valence-electron chi connectivity index (χ1n) is 8.29. The molecule has 1 aliphatic heterocycles. The van der Waals surface area contributed by atoms with Gasteiger partial charge in [0, 0.05) is 50.7 Å². The van der Waals surface area contributed by atoms with Crippen molar-refractivity contribution in [3.05, 3.63) is 11.9 Å². The molecule has 0 radical (unpaired) electrons. The average Bonchev–Trinajstić information content (AvgIpc) is 3.32. The highest BCUT2D eigenvalue weighted by atomic mass is 15.3. The van der Waals surface area contributed by atoms with Crippen molar-refractivity contribution in [1.29, 1.82) is 0 Å². The maximum Gasteiger partial charge on any atom is 0.136 e. The zero-order valence-electron chi connectivity index (χ0n) is 13.5. The van der Waals surface area contributed by atoms with Gasteiger partial charge in [0.25, 0.3) is 0 Å². The van der Waals surface area contributed by atoms with E-state index >= 15 is 0 Å². The molecule has 1 N–H and O–H groups in total. The van der Waals surface area contributed by atoms with Crippen LogP contribution in [-0.2, 0) is 0 Å². The number of piperazine rings is 1. The van der Waals surface area contributed by atoms with Crippen molar-refractivity contribution < 1.29 is 0 Å². The summed E-state index contributed by atoms with van der Waals surface area (Å²) in [5, 5.41) is 3.35. The normalized spacial score (nSPS) is 20.1. The van der Waals surface area contributed by atoms with Gasteiger partial charge in [-0.15, -0.1) is 0 Å². The molecule has 21 heavy (non-hydrogen) atoms. The van der Waals surface area contributed by atoms with E-state index in [9.17, 15) is 0 Å². The molecule has 0 atom stereocenters. The van der Waals surface area contributed by atoms with E-state index in [-0.39, 0.29) is 0 Å². The van der Waals surface area contributed by atoms with Crippen LogP contribution in [0.4, 0.5) is 11.6 Å². The van der Waals surface area contributed by atoms with Gasteiger partial charge in [0.05, 0.1) is 0 Å². The van der Waals surface area contributed by atoms with Crippen molar-refractivity contribution >= 4 is 11.6 Å². The number of hydrogen-bond acceptors (Lipinski definition) is 5. The summed E-state index contributed by atoms with van der Waals surface area (Å²) in [6, 6.07) is 2.75. The Bertz CT molecular complexity index is 476. The number of aromatic nitrogens is 2. The third-order valence-corrected chi connectivity index (χ3v) is 4.40. The number of rotatable bonds is 5. The second kappa shape index (κ2) is 6.18. The van der Waals surface area contributed by atoms with Gasteiger partial charge in [0.2, 0.25) is 0 Å². The molecule has 2 fully saturated rings. The van der Waals surface area contributed by atoms with Crippen molar-refractivity contribution in [2.24, 2.45) is 0 Å². The van der Waals surface area contributed by atoms with Crippen molar-refractivity contribution in [2.75, 3.05) is 42.9 Å². The minimum atomic E-state index is 0.597. The first-order valence-corrected chi connectivity index (χ1v) is 8.29. The highest BCUT2D eigenvalue weighted by molar-refractivity contribution is 5.50. The van der Waals surface area contributed by atoms with Gasteiger partial charge in [0.1, 0.15) is 17.5 Å². The van der Waals surface area contributed by atoms with Crippen LogP contribution >= 0.6 is 0 Å². The van der Waals surface area contributed by atoms with Gasteiger partial charge in [-0.3, -0.25) is 4.90 Å². The predicted molar refractivity (Wildman–Crippen MR) is 87.1 cm³/mol. The molecular formula is C16H27N5. The summed E-state index contributed by atoms with van der Waals surface area (Å²) >= 11 is 0. The van der Waals surface area contributed by atoms with Gasteiger partial charge < -0.3 is 10.2 Å². The minimum absolute atomic E-state index is 0.597. The number of hydrogen-bond donors (Lipinski definition) is 1. The molecule has 0 bridgehead atoms. The number of nitrogens with one attached hydrogen (secondary N) is 1. The van der Waals surface area contributed by atoms with Crippen molar-refractivity contribution in [2.45, 2.75) is 45.6 Å². The fraction of sp³-hybridized carbons (Fsp3) is 0.750. The van der Waals surface area contributed by atoms with E-state index in [1.807, 2.05) is 0 Å². The fourth-order valence-corrected chi connectivity index (χ4v) is 2.88. The lowest BCUT2D eigenvalue weighted by molar-refractivity contribution is 0.209. The van der Waals surface area contributed by atoms with E-state index in [2.05, 4.69) is 46.9 Å². The molecule has 3 rings (SSSR count). The van der Waals surface area contributed by atoms with E-state index in [0.29, 0.717) is 12.0 Å². The third kappa shape index (κ3) is 3.46. The maximum absolute atomic E-state index is 4.83. The largest absolute Gasteiger partial charge is 0.370 e. The fourth-order valence-electron chi connectivity index (χ4n) is 2.88. The lowest BCUT2D eigenvalue weighted by atomic mass is 10.2. The molecule has 5 heteroatoms. The number of anilines is 2. The first-order chi connectivity index (χ1) is 10.2. The Morgan fingerprint density at radius 1 is 1.19 bits per heavy atom. The Morgan fingerprint density at radius 3 is 2.48 bits per heavy atom. The molecule has 1 saturated heterocycles. The van der Waals surface area contributed by atoms with Crippen LogP contribution in [0.2, 0.25) is 0 Å². The van der Waals surface area contributed by atoms with Crippen molar-refractivity contribution in [3.63, 3.8) is 0 Å². The SMILES string of the molecule is CCNc1cc(N2CCN(C(C)C)CC2)nc(C2CC2)n1. The molecule has 1 aromatic heterocycles. The lowest BCUT2D eigenvalue weighted by Crippen LogP contribution is -2.49. The molecule has 1 aromatic rings. The summed E-state index contributed by atoms with van der Waals surface area (Å²) in [5.41, 5.74) is 0. The number of nitrogens with zero attached hydrogens (tertiary/aromatic N) is 4. The van der Waals surface area contributed by atoms with Crippen LogP contribution in [0.15, 0.2) is 6.07 Å². The third-order valence-electron chi connectivity index (χ3n) is 4.40. The Balaban J connectivity index is 1.75. The van der Waals surface area contributed by atoms with Crippen molar-refractivity contribution in [1.82, 2.24) is 14.9 Å². The molecule has 2 aliphatic rings. The molecule has 0 aromatic carbocycles. The highest BCUT2D eigenvalue weighted by Crippen LogP contribution is 2.39. The monoisotopic (exact) mass is 289 g/mol. The zero-order chi connectivity index (χ0) is 14.8. The van der Waals surface area contributed by atoms with Gasteiger partial charge in [-0.25, -0.2) is 9.97 Å². The van der Waals surface area contributed by atoms with Gasteiger partial charge >= 0.3 is 0 Å². The van der Waals surface area contributed by atoms with E-state index in [1.165, 1.54) is 12.8 Å². The van der Waals surface area contributed by atoms with E-state index in [1.54, 1.807) is 0 Å². The summed E-state index contributed by atoms with van der Waals surface area (Å²) in [6.07, 6.45) is 2.49. The van der Waals surface area contributed by atoms with E-state index in [4.69, 9.17) is 4.98 Å². The van der Waals surface area contributed by atoms with E-state index in [0.717, 1.165) is 50.2 Å². The van der Waals surface area contributed by atoms with Gasteiger partial charge in [-0.05, 0) is 33.6 Å². The Morgan fingerprint density at radius 2 is 1.90 bits per heavy atom. The molecule has 1 aliphatic carbocycles. The Kier molecular flexibility index (Phi) is 4.29.